The molecule has 2 N–H and O–H groups in total. The molecule has 1 aliphatic carbocycles. The van der Waals surface area contributed by atoms with Crippen molar-refractivity contribution in [3.05, 3.63) is 54.1 Å². The quantitative estimate of drug-likeness (QED) is 0.700. The van der Waals surface area contributed by atoms with E-state index in [-0.39, 0.29) is 12.5 Å². The zero-order valence-corrected chi connectivity index (χ0v) is 14.5. The zero-order chi connectivity index (χ0) is 18.6. The summed E-state index contributed by atoms with van der Waals surface area (Å²) in [7, 11) is 0. The molecule has 0 radical (unpaired) electrons. The number of nitriles is 1. The van der Waals surface area contributed by atoms with Gasteiger partial charge in [0.25, 0.3) is 0 Å². The molecule has 0 saturated heterocycles. The topological polar surface area (TPSA) is 109 Å². The lowest BCUT2D eigenvalue weighted by molar-refractivity contribution is -0.114. The molecule has 8 heteroatoms. The lowest BCUT2D eigenvalue weighted by atomic mass is 10.2. The normalized spacial score (nSPS) is 13.0. The number of anilines is 2. The minimum atomic E-state index is -0.188. The summed E-state index contributed by atoms with van der Waals surface area (Å²) in [6.45, 7) is 0.121. The lowest BCUT2D eigenvalue weighted by Crippen LogP contribution is -2.21. The third-order valence-corrected chi connectivity index (χ3v) is 4.26. The predicted octanol–water partition coefficient (Wildman–Crippen LogP) is 2.60. The lowest BCUT2D eigenvalue weighted by Gasteiger charge is -2.09. The molecule has 1 heterocycles. The molecule has 0 aliphatic heterocycles. The van der Waals surface area contributed by atoms with Gasteiger partial charge in [0.05, 0.1) is 24.2 Å². The molecular weight excluding hydrogens is 342 g/mol. The van der Waals surface area contributed by atoms with Crippen molar-refractivity contribution in [3.8, 4) is 17.5 Å². The monoisotopic (exact) mass is 359 g/mol. The van der Waals surface area contributed by atoms with Crippen molar-refractivity contribution in [2.75, 3.05) is 17.2 Å². The molecule has 1 aliphatic rings. The van der Waals surface area contributed by atoms with Crippen LogP contribution in [0, 0.1) is 11.3 Å². The van der Waals surface area contributed by atoms with Gasteiger partial charge < -0.3 is 10.6 Å². The van der Waals surface area contributed by atoms with E-state index in [4.69, 9.17) is 5.26 Å². The molecule has 8 nitrogen and oxygen atoms in total. The van der Waals surface area contributed by atoms with Crippen molar-refractivity contribution in [1.29, 1.82) is 5.26 Å². The van der Waals surface area contributed by atoms with Gasteiger partial charge in [-0.15, -0.1) is 5.10 Å². The molecule has 3 aromatic rings. The molecule has 0 bridgehead atoms. The Balaban J connectivity index is 1.35. The summed E-state index contributed by atoms with van der Waals surface area (Å²) in [6.07, 6.45) is 2.23. The second kappa shape index (κ2) is 7.25. The number of nitrogens with one attached hydrogen (secondary N) is 2. The molecule has 0 atom stereocenters. The number of carbonyl (C=O) groups excluding carboxylic acids is 1. The second-order valence-corrected chi connectivity index (χ2v) is 6.35. The van der Waals surface area contributed by atoms with Crippen molar-refractivity contribution in [1.82, 2.24) is 20.2 Å². The SMILES string of the molecule is N#Cc1cccc(NC(=O)CNc2ccc(-c3nnnn3C3CC3)cc2)c1. The minimum absolute atomic E-state index is 0.121. The van der Waals surface area contributed by atoms with Gasteiger partial charge in [-0.1, -0.05) is 6.07 Å². The van der Waals surface area contributed by atoms with Crippen molar-refractivity contribution in [2.45, 2.75) is 18.9 Å². The maximum Gasteiger partial charge on any atom is 0.243 e. The van der Waals surface area contributed by atoms with Crippen LogP contribution in [-0.4, -0.2) is 32.7 Å². The Morgan fingerprint density at radius 2 is 2.00 bits per heavy atom. The molecule has 1 aromatic heterocycles. The van der Waals surface area contributed by atoms with Gasteiger partial charge in [0.1, 0.15) is 0 Å². The van der Waals surface area contributed by atoms with E-state index in [0.717, 1.165) is 29.9 Å². The summed E-state index contributed by atoms with van der Waals surface area (Å²) in [6, 6.07) is 16.9. The first kappa shape index (κ1) is 16.7. The summed E-state index contributed by atoms with van der Waals surface area (Å²) >= 11 is 0. The van der Waals surface area contributed by atoms with E-state index in [1.54, 1.807) is 24.3 Å². The van der Waals surface area contributed by atoms with Crippen molar-refractivity contribution in [3.63, 3.8) is 0 Å². The number of carbonyl (C=O) groups is 1. The third kappa shape index (κ3) is 3.93. The number of nitrogens with zero attached hydrogens (tertiary/aromatic N) is 5. The van der Waals surface area contributed by atoms with Gasteiger partial charge in [-0.2, -0.15) is 5.26 Å². The first-order valence-corrected chi connectivity index (χ1v) is 8.65. The van der Waals surface area contributed by atoms with Crippen LogP contribution in [0.1, 0.15) is 24.4 Å². The average Bonchev–Trinajstić information content (AvgIpc) is 3.43. The fourth-order valence-electron chi connectivity index (χ4n) is 2.74. The predicted molar refractivity (Wildman–Crippen MR) is 99.8 cm³/mol. The minimum Gasteiger partial charge on any atom is -0.376 e. The highest BCUT2D eigenvalue weighted by Crippen LogP contribution is 2.36. The molecule has 27 heavy (non-hydrogen) atoms. The van der Waals surface area contributed by atoms with Crippen LogP contribution in [0.25, 0.3) is 11.4 Å². The fourth-order valence-corrected chi connectivity index (χ4v) is 2.74. The van der Waals surface area contributed by atoms with Crippen LogP contribution in [0.4, 0.5) is 11.4 Å². The molecule has 1 fully saturated rings. The van der Waals surface area contributed by atoms with Crippen molar-refractivity contribution >= 4 is 17.3 Å². The van der Waals surface area contributed by atoms with Crippen LogP contribution in [0.2, 0.25) is 0 Å². The van der Waals surface area contributed by atoms with Gasteiger partial charge in [-0.25, -0.2) is 4.68 Å². The summed E-state index contributed by atoms with van der Waals surface area (Å²) in [5.41, 5.74) is 2.87. The standard InChI is InChI=1S/C19H17N7O/c20-11-13-2-1-3-16(10-13)22-18(27)12-21-15-6-4-14(5-7-15)19-23-24-25-26(19)17-8-9-17/h1-7,10,17,21H,8-9,12H2,(H,22,27). The van der Waals surface area contributed by atoms with Crippen LogP contribution in [0.3, 0.4) is 0 Å². The molecular formula is C19H17N7O. The van der Waals surface area contributed by atoms with Crippen LogP contribution < -0.4 is 10.6 Å². The molecule has 4 rings (SSSR count). The molecule has 1 amide bonds. The zero-order valence-electron chi connectivity index (χ0n) is 14.5. The average molecular weight is 359 g/mol. The van der Waals surface area contributed by atoms with Gasteiger partial charge >= 0.3 is 0 Å². The van der Waals surface area contributed by atoms with Crippen LogP contribution >= 0.6 is 0 Å². The van der Waals surface area contributed by atoms with E-state index in [1.807, 2.05) is 35.0 Å². The number of rotatable bonds is 6. The highest BCUT2D eigenvalue weighted by Gasteiger charge is 2.28. The van der Waals surface area contributed by atoms with E-state index < -0.39 is 0 Å². The number of tetrazole rings is 1. The van der Waals surface area contributed by atoms with Gasteiger partial charge in [0.2, 0.25) is 5.91 Å². The van der Waals surface area contributed by atoms with E-state index in [2.05, 4.69) is 26.2 Å². The number of hydrogen-bond donors (Lipinski definition) is 2. The van der Waals surface area contributed by atoms with E-state index in [1.165, 1.54) is 0 Å². The fraction of sp³-hybridized carbons (Fsp3) is 0.211. The maximum atomic E-state index is 12.1. The second-order valence-electron chi connectivity index (χ2n) is 6.35. The van der Waals surface area contributed by atoms with Crippen LogP contribution in [0.15, 0.2) is 48.5 Å². The largest absolute Gasteiger partial charge is 0.376 e. The summed E-state index contributed by atoms with van der Waals surface area (Å²) < 4.78 is 1.87. The number of aromatic nitrogens is 4. The number of hydrogen-bond acceptors (Lipinski definition) is 6. The van der Waals surface area contributed by atoms with Crippen molar-refractivity contribution < 1.29 is 4.79 Å². The summed E-state index contributed by atoms with van der Waals surface area (Å²) in [5, 5.41) is 26.7. The third-order valence-electron chi connectivity index (χ3n) is 4.26. The Labute approximate surface area is 155 Å². The Bertz CT molecular complexity index is 999. The van der Waals surface area contributed by atoms with E-state index in [0.29, 0.717) is 17.3 Å². The van der Waals surface area contributed by atoms with Gasteiger partial charge in [-0.3, -0.25) is 4.79 Å². The highest BCUT2D eigenvalue weighted by molar-refractivity contribution is 5.93. The Kier molecular flexibility index (Phi) is 4.49. The first-order valence-electron chi connectivity index (χ1n) is 8.65. The molecule has 0 unspecified atom stereocenters. The van der Waals surface area contributed by atoms with Crippen LogP contribution in [0.5, 0.6) is 0 Å². The summed E-state index contributed by atoms with van der Waals surface area (Å²) in [4.78, 5) is 12.1. The molecule has 0 spiro atoms. The number of benzene rings is 2. The van der Waals surface area contributed by atoms with Gasteiger partial charge in [0, 0.05) is 16.9 Å². The smallest absolute Gasteiger partial charge is 0.243 e. The van der Waals surface area contributed by atoms with E-state index in [9.17, 15) is 4.79 Å². The van der Waals surface area contributed by atoms with Gasteiger partial charge in [0.15, 0.2) is 5.82 Å². The number of amides is 1. The Hall–Kier alpha value is -3.73. The molecule has 134 valence electrons. The maximum absolute atomic E-state index is 12.1. The van der Waals surface area contributed by atoms with E-state index >= 15 is 0 Å². The molecule has 2 aromatic carbocycles. The van der Waals surface area contributed by atoms with Gasteiger partial charge in [-0.05, 0) is 65.7 Å². The summed E-state index contributed by atoms with van der Waals surface area (Å²) in [5.74, 6) is 0.575. The highest BCUT2D eigenvalue weighted by atomic mass is 16.1. The Morgan fingerprint density at radius 3 is 2.74 bits per heavy atom. The first-order chi connectivity index (χ1) is 13.2. The Morgan fingerprint density at radius 1 is 1.19 bits per heavy atom. The molecule has 1 saturated carbocycles. The van der Waals surface area contributed by atoms with Crippen LogP contribution in [-0.2, 0) is 4.79 Å². The van der Waals surface area contributed by atoms with Crippen molar-refractivity contribution in [2.24, 2.45) is 0 Å².